The Labute approximate surface area is 58.6 Å². The van der Waals surface area contributed by atoms with Crippen LogP contribution in [0.15, 0.2) is 6.20 Å². The van der Waals surface area contributed by atoms with Gasteiger partial charge in [0.1, 0.15) is 11.6 Å². The van der Waals surface area contributed by atoms with Gasteiger partial charge in [-0.15, -0.1) is 0 Å². The molecule has 0 saturated carbocycles. The Hall–Kier alpha value is -1.50. The number of methoxy groups -OCH3 is 1. The van der Waals surface area contributed by atoms with Gasteiger partial charge in [-0.2, -0.15) is 10.4 Å². The molecular formula is C6H7N3O. The van der Waals surface area contributed by atoms with Gasteiger partial charge in [0.15, 0.2) is 0 Å². The molecule has 10 heavy (non-hydrogen) atoms. The van der Waals surface area contributed by atoms with E-state index >= 15 is 0 Å². The number of nitrogens with zero attached hydrogens (tertiary/aromatic N) is 3. The molecule has 1 aromatic heterocycles. The molecule has 0 aromatic carbocycles. The third-order valence-corrected chi connectivity index (χ3v) is 1.20. The molecule has 0 radical (unpaired) electrons. The molecule has 52 valence electrons. The molecule has 0 unspecified atom stereocenters. The molecule has 0 saturated heterocycles. The van der Waals surface area contributed by atoms with Crippen LogP contribution < -0.4 is 4.74 Å². The van der Waals surface area contributed by atoms with Crippen molar-refractivity contribution in [2.24, 2.45) is 7.05 Å². The molecule has 0 aliphatic carbocycles. The van der Waals surface area contributed by atoms with Crippen LogP contribution in [0.4, 0.5) is 0 Å². The minimum absolute atomic E-state index is 0.463. The molecule has 4 nitrogen and oxygen atoms in total. The van der Waals surface area contributed by atoms with E-state index in [1.165, 1.54) is 18.0 Å². The molecule has 1 rings (SSSR count). The van der Waals surface area contributed by atoms with Crippen molar-refractivity contribution in [2.45, 2.75) is 0 Å². The first-order valence-corrected chi connectivity index (χ1v) is 2.75. The molecule has 0 aliphatic rings. The molecule has 0 atom stereocenters. The fourth-order valence-electron chi connectivity index (χ4n) is 0.745. The van der Waals surface area contributed by atoms with Crippen molar-refractivity contribution >= 4 is 0 Å². The molecule has 0 aliphatic heterocycles. The molecule has 1 heterocycles. The Morgan fingerprint density at radius 2 is 2.50 bits per heavy atom. The maximum atomic E-state index is 8.48. The zero-order valence-electron chi connectivity index (χ0n) is 5.83. The second kappa shape index (κ2) is 2.40. The number of aromatic nitrogens is 2. The minimum Gasteiger partial charge on any atom is -0.480 e. The van der Waals surface area contributed by atoms with Gasteiger partial charge in [0.25, 0.3) is 0 Å². The molecule has 0 fully saturated rings. The highest BCUT2D eigenvalue weighted by atomic mass is 16.5. The first-order valence-electron chi connectivity index (χ1n) is 2.75. The van der Waals surface area contributed by atoms with Crippen molar-refractivity contribution in [3.8, 4) is 11.9 Å². The minimum atomic E-state index is 0.463. The number of aryl methyl sites for hydroxylation is 1. The van der Waals surface area contributed by atoms with Gasteiger partial charge in [-0.3, -0.25) is 0 Å². The molecule has 0 amide bonds. The fourth-order valence-corrected chi connectivity index (χ4v) is 0.745. The normalized spacial score (nSPS) is 8.90. The van der Waals surface area contributed by atoms with Gasteiger partial charge in [0.05, 0.1) is 13.3 Å². The average molecular weight is 137 g/mol. The summed E-state index contributed by atoms with van der Waals surface area (Å²) in [6.45, 7) is 0. The van der Waals surface area contributed by atoms with E-state index in [1.54, 1.807) is 7.05 Å². The second-order valence-electron chi connectivity index (χ2n) is 1.80. The van der Waals surface area contributed by atoms with Crippen molar-refractivity contribution in [2.75, 3.05) is 7.11 Å². The highest BCUT2D eigenvalue weighted by Gasteiger charge is 2.05. The van der Waals surface area contributed by atoms with Crippen LogP contribution >= 0.6 is 0 Å². The SMILES string of the molecule is COc1c(C#N)cnn1C. The average Bonchev–Trinajstić information content (AvgIpc) is 2.30. The Balaban J connectivity index is 3.16. The topological polar surface area (TPSA) is 50.8 Å². The highest BCUT2D eigenvalue weighted by molar-refractivity contribution is 5.35. The van der Waals surface area contributed by atoms with Crippen LogP contribution in [0.5, 0.6) is 5.88 Å². The van der Waals surface area contributed by atoms with Crippen LogP contribution in [-0.4, -0.2) is 16.9 Å². The van der Waals surface area contributed by atoms with Crippen LogP contribution in [0.2, 0.25) is 0 Å². The van der Waals surface area contributed by atoms with Crippen molar-refractivity contribution in [1.82, 2.24) is 9.78 Å². The van der Waals surface area contributed by atoms with Crippen LogP contribution in [0.3, 0.4) is 0 Å². The summed E-state index contributed by atoms with van der Waals surface area (Å²) in [4.78, 5) is 0. The van der Waals surface area contributed by atoms with Crippen molar-refractivity contribution in [3.05, 3.63) is 11.8 Å². The first kappa shape index (κ1) is 6.62. The van der Waals surface area contributed by atoms with E-state index in [2.05, 4.69) is 5.10 Å². The Bertz CT molecular complexity index is 271. The lowest BCUT2D eigenvalue weighted by atomic mass is 10.4. The van der Waals surface area contributed by atoms with E-state index in [0.717, 1.165) is 0 Å². The summed E-state index contributed by atoms with van der Waals surface area (Å²) in [6, 6.07) is 1.96. The van der Waals surface area contributed by atoms with Gasteiger partial charge in [0, 0.05) is 7.05 Å². The zero-order valence-corrected chi connectivity index (χ0v) is 5.83. The van der Waals surface area contributed by atoms with E-state index in [-0.39, 0.29) is 0 Å². The molecule has 0 spiro atoms. The highest BCUT2D eigenvalue weighted by Crippen LogP contribution is 2.13. The third-order valence-electron chi connectivity index (χ3n) is 1.20. The maximum absolute atomic E-state index is 8.48. The molecule has 1 aromatic rings. The van der Waals surface area contributed by atoms with Crippen molar-refractivity contribution in [3.63, 3.8) is 0 Å². The Kier molecular flexibility index (Phi) is 1.59. The zero-order chi connectivity index (χ0) is 7.56. The van der Waals surface area contributed by atoms with E-state index in [1.807, 2.05) is 6.07 Å². The van der Waals surface area contributed by atoms with Gasteiger partial charge in [0.2, 0.25) is 5.88 Å². The number of nitriles is 1. The van der Waals surface area contributed by atoms with Crippen LogP contribution in [0, 0.1) is 11.3 Å². The van der Waals surface area contributed by atoms with Crippen LogP contribution in [0.1, 0.15) is 5.56 Å². The molecule has 4 heteroatoms. The summed E-state index contributed by atoms with van der Waals surface area (Å²) in [5.41, 5.74) is 0.463. The maximum Gasteiger partial charge on any atom is 0.229 e. The van der Waals surface area contributed by atoms with Gasteiger partial charge in [-0.1, -0.05) is 0 Å². The monoisotopic (exact) mass is 137 g/mol. The number of ether oxygens (including phenoxy) is 1. The first-order chi connectivity index (χ1) is 4.79. The summed E-state index contributed by atoms with van der Waals surface area (Å²) in [7, 11) is 3.23. The van der Waals surface area contributed by atoms with Crippen molar-refractivity contribution in [1.29, 1.82) is 5.26 Å². The standard InChI is InChI=1S/C6H7N3O/c1-9-6(10-2)5(3-7)4-8-9/h4H,1-2H3. The summed E-state index contributed by atoms with van der Waals surface area (Å²) in [5, 5.41) is 12.3. The lowest BCUT2D eigenvalue weighted by Gasteiger charge is -1.97. The number of hydrogen-bond donors (Lipinski definition) is 0. The second-order valence-corrected chi connectivity index (χ2v) is 1.80. The van der Waals surface area contributed by atoms with Crippen LogP contribution in [-0.2, 0) is 7.05 Å². The lowest BCUT2D eigenvalue weighted by Crippen LogP contribution is -1.95. The predicted octanol–water partition coefficient (Wildman–Crippen LogP) is 0.300. The number of hydrogen-bond acceptors (Lipinski definition) is 3. The van der Waals surface area contributed by atoms with Gasteiger partial charge in [-0.25, -0.2) is 4.68 Å². The van der Waals surface area contributed by atoms with E-state index < -0.39 is 0 Å². The Morgan fingerprint density at radius 3 is 2.90 bits per heavy atom. The summed E-state index contributed by atoms with van der Waals surface area (Å²) >= 11 is 0. The summed E-state index contributed by atoms with van der Waals surface area (Å²) in [5.74, 6) is 0.502. The van der Waals surface area contributed by atoms with Gasteiger partial charge >= 0.3 is 0 Å². The lowest BCUT2D eigenvalue weighted by molar-refractivity contribution is 0.372. The molecular weight excluding hydrogens is 130 g/mol. The summed E-state index contributed by atoms with van der Waals surface area (Å²) in [6.07, 6.45) is 1.47. The van der Waals surface area contributed by atoms with Crippen LogP contribution in [0.25, 0.3) is 0 Å². The fraction of sp³-hybridized carbons (Fsp3) is 0.333. The van der Waals surface area contributed by atoms with Crippen molar-refractivity contribution < 1.29 is 4.74 Å². The van der Waals surface area contributed by atoms with Gasteiger partial charge in [-0.05, 0) is 0 Å². The van der Waals surface area contributed by atoms with E-state index in [0.29, 0.717) is 11.4 Å². The quantitative estimate of drug-likeness (QED) is 0.559. The Morgan fingerprint density at radius 1 is 1.80 bits per heavy atom. The smallest absolute Gasteiger partial charge is 0.229 e. The molecule has 0 N–H and O–H groups in total. The summed E-state index contributed by atoms with van der Waals surface area (Å²) < 4.78 is 6.40. The largest absolute Gasteiger partial charge is 0.480 e. The molecule has 0 bridgehead atoms. The third kappa shape index (κ3) is 0.818. The van der Waals surface area contributed by atoms with Gasteiger partial charge < -0.3 is 4.74 Å². The van der Waals surface area contributed by atoms with E-state index in [4.69, 9.17) is 10.00 Å². The van der Waals surface area contributed by atoms with E-state index in [9.17, 15) is 0 Å². The predicted molar refractivity (Wildman–Crippen MR) is 34.5 cm³/mol. The number of rotatable bonds is 1.